The Bertz CT molecular complexity index is 135. The molecule has 1 heterocycles. The maximum absolute atomic E-state index is 5.38. The Kier molecular flexibility index (Phi) is 6.15. The molecule has 0 spiro atoms. The summed E-state index contributed by atoms with van der Waals surface area (Å²) in [6, 6.07) is 0.636. The summed E-state index contributed by atoms with van der Waals surface area (Å²) in [6.07, 6.45) is 4.85. The molecule has 3 heteroatoms. The van der Waals surface area contributed by atoms with E-state index in [1.54, 1.807) is 7.11 Å². The molecule has 14 heavy (non-hydrogen) atoms. The zero-order valence-electron chi connectivity index (χ0n) is 9.42. The molecule has 0 aliphatic carbocycles. The summed E-state index contributed by atoms with van der Waals surface area (Å²) in [7, 11) is 3.81. The van der Waals surface area contributed by atoms with Gasteiger partial charge >= 0.3 is 0 Å². The van der Waals surface area contributed by atoms with Crippen molar-refractivity contribution in [2.75, 3.05) is 34.0 Å². The van der Waals surface area contributed by atoms with Crippen LogP contribution in [0.15, 0.2) is 0 Å². The predicted molar refractivity (Wildman–Crippen MR) is 57.5 cm³/mol. The van der Waals surface area contributed by atoms with Crippen LogP contribution in [0.25, 0.3) is 0 Å². The van der Waals surface area contributed by atoms with Gasteiger partial charge in [0.2, 0.25) is 0 Å². The van der Waals surface area contributed by atoms with Gasteiger partial charge in [-0.25, -0.2) is 0 Å². The number of rotatable bonds is 7. The van der Waals surface area contributed by atoms with Gasteiger partial charge in [0.15, 0.2) is 0 Å². The summed E-state index contributed by atoms with van der Waals surface area (Å²) in [5.41, 5.74) is 0. The van der Waals surface area contributed by atoms with Crippen LogP contribution < -0.4 is 5.32 Å². The summed E-state index contributed by atoms with van der Waals surface area (Å²) < 4.78 is 10.4. The molecule has 84 valence electrons. The van der Waals surface area contributed by atoms with Gasteiger partial charge in [-0.1, -0.05) is 0 Å². The van der Waals surface area contributed by atoms with Gasteiger partial charge in [-0.3, -0.25) is 0 Å². The molecule has 1 saturated heterocycles. The van der Waals surface area contributed by atoms with E-state index in [0.717, 1.165) is 32.2 Å². The van der Waals surface area contributed by atoms with Crippen LogP contribution in [0.2, 0.25) is 0 Å². The van der Waals surface area contributed by atoms with E-state index in [1.807, 2.05) is 7.05 Å². The number of hydrogen-bond donors (Lipinski definition) is 1. The second-order valence-corrected chi connectivity index (χ2v) is 4.09. The summed E-state index contributed by atoms with van der Waals surface area (Å²) in [4.78, 5) is 0. The molecule has 0 aromatic heterocycles. The van der Waals surface area contributed by atoms with Crippen LogP contribution in [-0.4, -0.2) is 40.0 Å². The molecule has 2 unspecified atom stereocenters. The lowest BCUT2D eigenvalue weighted by Crippen LogP contribution is -2.28. The highest BCUT2D eigenvalue weighted by Gasteiger charge is 2.19. The minimum Gasteiger partial charge on any atom is -0.385 e. The van der Waals surface area contributed by atoms with Gasteiger partial charge in [0.05, 0.1) is 0 Å². The highest BCUT2D eigenvalue weighted by molar-refractivity contribution is 4.73. The Morgan fingerprint density at radius 3 is 3.00 bits per heavy atom. The fourth-order valence-corrected chi connectivity index (χ4v) is 2.03. The third kappa shape index (κ3) is 4.40. The molecule has 0 saturated carbocycles. The third-order valence-electron chi connectivity index (χ3n) is 2.95. The minimum absolute atomic E-state index is 0.636. The van der Waals surface area contributed by atoms with Crippen molar-refractivity contribution >= 4 is 0 Å². The van der Waals surface area contributed by atoms with Crippen LogP contribution in [-0.2, 0) is 9.47 Å². The highest BCUT2D eigenvalue weighted by atomic mass is 16.5. The molecule has 0 bridgehead atoms. The second kappa shape index (κ2) is 7.21. The van der Waals surface area contributed by atoms with Crippen molar-refractivity contribution in [2.24, 2.45) is 5.92 Å². The first-order valence-corrected chi connectivity index (χ1v) is 5.60. The fourth-order valence-electron chi connectivity index (χ4n) is 2.03. The monoisotopic (exact) mass is 201 g/mol. The van der Waals surface area contributed by atoms with E-state index in [1.165, 1.54) is 19.3 Å². The van der Waals surface area contributed by atoms with Gasteiger partial charge in [-0.15, -0.1) is 0 Å². The van der Waals surface area contributed by atoms with E-state index in [9.17, 15) is 0 Å². The van der Waals surface area contributed by atoms with E-state index in [0.29, 0.717) is 6.04 Å². The van der Waals surface area contributed by atoms with Gasteiger partial charge in [-0.2, -0.15) is 0 Å². The first-order valence-electron chi connectivity index (χ1n) is 5.60. The molecule has 0 amide bonds. The molecule has 3 nitrogen and oxygen atoms in total. The normalized spacial score (nSPS) is 24.0. The smallest absolute Gasteiger partial charge is 0.0495 e. The van der Waals surface area contributed by atoms with Gasteiger partial charge in [-0.05, 0) is 38.6 Å². The van der Waals surface area contributed by atoms with Crippen LogP contribution in [0.5, 0.6) is 0 Å². The van der Waals surface area contributed by atoms with Crippen LogP contribution in [0.3, 0.4) is 0 Å². The van der Waals surface area contributed by atoms with Crippen molar-refractivity contribution in [3.63, 3.8) is 0 Å². The topological polar surface area (TPSA) is 30.5 Å². The summed E-state index contributed by atoms with van der Waals surface area (Å²) in [5.74, 6) is 0.773. The Morgan fingerprint density at radius 1 is 1.57 bits per heavy atom. The fraction of sp³-hybridized carbons (Fsp3) is 1.00. The van der Waals surface area contributed by atoms with Crippen LogP contribution >= 0.6 is 0 Å². The van der Waals surface area contributed by atoms with Crippen molar-refractivity contribution in [1.82, 2.24) is 5.32 Å². The molecule has 1 N–H and O–H groups in total. The van der Waals surface area contributed by atoms with Crippen molar-refractivity contribution in [1.29, 1.82) is 0 Å². The minimum atomic E-state index is 0.636. The molecule has 1 rings (SSSR count). The first kappa shape index (κ1) is 12.0. The largest absolute Gasteiger partial charge is 0.385 e. The Balaban J connectivity index is 2.10. The number of nitrogens with one attached hydrogen (secondary N) is 1. The van der Waals surface area contributed by atoms with Crippen molar-refractivity contribution in [3.05, 3.63) is 0 Å². The lowest BCUT2D eigenvalue weighted by atomic mass is 9.96. The van der Waals surface area contributed by atoms with Crippen LogP contribution in [0, 0.1) is 5.92 Å². The first-order chi connectivity index (χ1) is 6.86. The molecule has 0 aromatic carbocycles. The molecular formula is C11H23NO2. The van der Waals surface area contributed by atoms with E-state index < -0.39 is 0 Å². The lowest BCUT2D eigenvalue weighted by Gasteiger charge is -2.18. The maximum Gasteiger partial charge on any atom is 0.0495 e. The maximum atomic E-state index is 5.38. The average molecular weight is 201 g/mol. The summed E-state index contributed by atoms with van der Waals surface area (Å²) >= 11 is 0. The molecule has 0 aromatic rings. The van der Waals surface area contributed by atoms with Crippen LogP contribution in [0.1, 0.15) is 25.7 Å². The quantitative estimate of drug-likeness (QED) is 0.632. The SMILES string of the molecule is CNC(CCCOC)CC1CCOC1. The van der Waals surface area contributed by atoms with Gasteiger partial charge in [0.1, 0.15) is 0 Å². The zero-order valence-corrected chi connectivity index (χ0v) is 9.42. The zero-order chi connectivity index (χ0) is 10.2. The molecule has 1 aliphatic rings. The molecule has 1 fully saturated rings. The number of ether oxygens (including phenoxy) is 2. The summed E-state index contributed by atoms with van der Waals surface area (Å²) in [5, 5.41) is 3.38. The number of methoxy groups -OCH3 is 1. The van der Waals surface area contributed by atoms with E-state index in [-0.39, 0.29) is 0 Å². The van der Waals surface area contributed by atoms with E-state index in [2.05, 4.69) is 5.32 Å². The predicted octanol–water partition coefficient (Wildman–Crippen LogP) is 1.43. The van der Waals surface area contributed by atoms with E-state index in [4.69, 9.17) is 9.47 Å². The molecular weight excluding hydrogens is 178 g/mol. The lowest BCUT2D eigenvalue weighted by molar-refractivity contribution is 0.175. The Hall–Kier alpha value is -0.120. The van der Waals surface area contributed by atoms with Crippen LogP contribution in [0.4, 0.5) is 0 Å². The van der Waals surface area contributed by atoms with Gasteiger partial charge < -0.3 is 14.8 Å². The number of hydrogen-bond acceptors (Lipinski definition) is 3. The highest BCUT2D eigenvalue weighted by Crippen LogP contribution is 2.19. The van der Waals surface area contributed by atoms with E-state index >= 15 is 0 Å². The average Bonchev–Trinajstić information content (AvgIpc) is 2.69. The standard InChI is InChI=1S/C11H23NO2/c1-12-11(4-3-6-13-2)8-10-5-7-14-9-10/h10-12H,3-9H2,1-2H3. The molecule has 2 atom stereocenters. The van der Waals surface area contributed by atoms with Gasteiger partial charge in [0.25, 0.3) is 0 Å². The third-order valence-corrected chi connectivity index (χ3v) is 2.95. The Labute approximate surface area is 87.2 Å². The molecule has 0 radical (unpaired) electrons. The summed E-state index contributed by atoms with van der Waals surface area (Å²) in [6.45, 7) is 2.79. The van der Waals surface area contributed by atoms with Crippen molar-refractivity contribution < 1.29 is 9.47 Å². The van der Waals surface area contributed by atoms with Crippen molar-refractivity contribution in [3.8, 4) is 0 Å². The Morgan fingerprint density at radius 2 is 2.43 bits per heavy atom. The molecule has 1 aliphatic heterocycles. The van der Waals surface area contributed by atoms with Gasteiger partial charge in [0, 0.05) is 33.0 Å². The van der Waals surface area contributed by atoms with Crippen molar-refractivity contribution in [2.45, 2.75) is 31.7 Å². The second-order valence-electron chi connectivity index (χ2n) is 4.09.